The monoisotopic (exact) mass is 332 g/mol. The van der Waals surface area contributed by atoms with Crippen LogP contribution in [0.1, 0.15) is 23.2 Å². The van der Waals surface area contributed by atoms with Crippen molar-refractivity contribution in [2.45, 2.75) is 18.9 Å². The number of halogens is 2. The molecule has 22 heavy (non-hydrogen) atoms. The number of hydrogen-bond acceptors (Lipinski definition) is 4. The number of amides is 1. The van der Waals surface area contributed by atoms with Crippen LogP contribution in [0.4, 0.5) is 4.39 Å². The van der Waals surface area contributed by atoms with E-state index in [4.69, 9.17) is 9.47 Å². The molecule has 1 aliphatic rings. The maximum Gasteiger partial charge on any atom is 0.256 e. The highest BCUT2D eigenvalue weighted by Crippen LogP contribution is 2.30. The zero-order valence-electron chi connectivity index (χ0n) is 13.0. The van der Waals surface area contributed by atoms with Gasteiger partial charge in [-0.15, -0.1) is 12.4 Å². The Morgan fingerprint density at radius 2 is 1.77 bits per heavy atom. The number of piperidine rings is 1. The van der Waals surface area contributed by atoms with E-state index in [1.165, 1.54) is 26.4 Å². The first-order chi connectivity index (χ1) is 10.1. The number of carbonyl (C=O) groups excluding carboxylic acids is 1. The lowest BCUT2D eigenvalue weighted by Gasteiger charge is -2.31. The van der Waals surface area contributed by atoms with Crippen molar-refractivity contribution < 1.29 is 18.7 Å². The van der Waals surface area contributed by atoms with E-state index in [1.807, 2.05) is 0 Å². The van der Waals surface area contributed by atoms with Crippen LogP contribution in [0, 0.1) is 5.82 Å². The van der Waals surface area contributed by atoms with Gasteiger partial charge in [0.2, 0.25) is 0 Å². The molecule has 0 atom stereocenters. The second-order valence-electron chi connectivity index (χ2n) is 5.08. The maximum atomic E-state index is 14.1. The highest BCUT2D eigenvalue weighted by molar-refractivity contribution is 5.95. The van der Waals surface area contributed by atoms with E-state index in [-0.39, 0.29) is 35.7 Å². The number of hydrogen-bond donors (Lipinski definition) is 1. The fourth-order valence-electron chi connectivity index (χ4n) is 2.57. The summed E-state index contributed by atoms with van der Waals surface area (Å²) in [6.45, 7) is 1.74. The lowest BCUT2D eigenvalue weighted by molar-refractivity contribution is 0.0698. The summed E-state index contributed by atoms with van der Waals surface area (Å²) in [4.78, 5) is 14.1. The molecule has 1 amide bonds. The number of benzene rings is 1. The number of nitrogens with zero attached hydrogens (tertiary/aromatic N) is 1. The van der Waals surface area contributed by atoms with E-state index < -0.39 is 5.82 Å². The first-order valence-electron chi connectivity index (χ1n) is 6.98. The third-order valence-corrected chi connectivity index (χ3v) is 3.88. The lowest BCUT2D eigenvalue weighted by Crippen LogP contribution is -2.44. The second kappa shape index (κ2) is 8.19. The molecule has 1 aromatic rings. The molecule has 0 radical (unpaired) electrons. The van der Waals surface area contributed by atoms with Crippen molar-refractivity contribution in [1.82, 2.24) is 10.2 Å². The van der Waals surface area contributed by atoms with Crippen LogP contribution in [0.15, 0.2) is 12.1 Å². The summed E-state index contributed by atoms with van der Waals surface area (Å²) in [5.41, 5.74) is 0.00804. The van der Waals surface area contributed by atoms with Gasteiger partial charge in [-0.3, -0.25) is 4.79 Å². The third kappa shape index (κ3) is 3.81. The van der Waals surface area contributed by atoms with E-state index >= 15 is 0 Å². The molecular weight excluding hydrogens is 311 g/mol. The van der Waals surface area contributed by atoms with Crippen molar-refractivity contribution in [1.29, 1.82) is 0 Å². The summed E-state index contributed by atoms with van der Waals surface area (Å²) in [5.74, 6) is -0.309. The highest BCUT2D eigenvalue weighted by atomic mass is 35.5. The lowest BCUT2D eigenvalue weighted by atomic mass is 10.0. The van der Waals surface area contributed by atoms with Crippen molar-refractivity contribution in [3.63, 3.8) is 0 Å². The molecule has 2 rings (SSSR count). The van der Waals surface area contributed by atoms with E-state index in [0.29, 0.717) is 5.75 Å². The maximum absolute atomic E-state index is 14.1. The van der Waals surface area contributed by atoms with Crippen molar-refractivity contribution in [3.8, 4) is 11.5 Å². The molecule has 0 unspecified atom stereocenters. The molecule has 1 aromatic carbocycles. The summed E-state index contributed by atoms with van der Waals surface area (Å²) in [6.07, 6.45) is 1.74. The predicted molar refractivity (Wildman–Crippen MR) is 84.7 cm³/mol. The van der Waals surface area contributed by atoms with Crippen LogP contribution in [0.2, 0.25) is 0 Å². The van der Waals surface area contributed by atoms with E-state index in [0.717, 1.165) is 25.9 Å². The van der Waals surface area contributed by atoms with Crippen LogP contribution in [-0.4, -0.2) is 51.2 Å². The molecule has 5 nitrogen and oxygen atoms in total. The minimum Gasteiger partial charge on any atom is -0.493 e. The molecular formula is C15H22ClFN2O3. The van der Waals surface area contributed by atoms with E-state index in [9.17, 15) is 9.18 Å². The average molecular weight is 333 g/mol. The normalized spacial score (nSPS) is 14.9. The Morgan fingerprint density at radius 1 is 1.23 bits per heavy atom. The van der Waals surface area contributed by atoms with Crippen LogP contribution in [-0.2, 0) is 0 Å². The second-order valence-corrected chi connectivity index (χ2v) is 5.08. The van der Waals surface area contributed by atoms with Gasteiger partial charge in [0, 0.05) is 19.2 Å². The molecule has 1 heterocycles. The molecule has 124 valence electrons. The third-order valence-electron chi connectivity index (χ3n) is 3.88. The van der Waals surface area contributed by atoms with Gasteiger partial charge in [0.15, 0.2) is 11.5 Å². The van der Waals surface area contributed by atoms with Gasteiger partial charge in [-0.1, -0.05) is 0 Å². The van der Waals surface area contributed by atoms with Gasteiger partial charge in [-0.05, 0) is 32.0 Å². The zero-order valence-corrected chi connectivity index (χ0v) is 13.8. The van der Waals surface area contributed by atoms with Crippen LogP contribution in [0.3, 0.4) is 0 Å². The Bertz CT molecular complexity index is 522. The molecule has 1 N–H and O–H groups in total. The molecule has 0 spiro atoms. The van der Waals surface area contributed by atoms with E-state index in [1.54, 1.807) is 11.9 Å². The fourth-order valence-corrected chi connectivity index (χ4v) is 2.57. The van der Waals surface area contributed by atoms with Gasteiger partial charge in [-0.25, -0.2) is 4.39 Å². The molecule has 0 saturated carbocycles. The molecule has 0 aromatic heterocycles. The van der Waals surface area contributed by atoms with Crippen molar-refractivity contribution in [2.75, 3.05) is 34.4 Å². The Kier molecular flexibility index (Phi) is 6.90. The number of carbonyl (C=O) groups is 1. The van der Waals surface area contributed by atoms with Crippen molar-refractivity contribution >= 4 is 18.3 Å². The first-order valence-corrected chi connectivity index (χ1v) is 6.98. The largest absolute Gasteiger partial charge is 0.493 e. The summed E-state index contributed by atoms with van der Waals surface area (Å²) >= 11 is 0. The van der Waals surface area contributed by atoms with E-state index in [2.05, 4.69) is 5.32 Å². The highest BCUT2D eigenvalue weighted by Gasteiger charge is 2.26. The van der Waals surface area contributed by atoms with Gasteiger partial charge in [-0.2, -0.15) is 0 Å². The smallest absolute Gasteiger partial charge is 0.256 e. The molecule has 7 heteroatoms. The van der Waals surface area contributed by atoms with Gasteiger partial charge in [0.05, 0.1) is 19.8 Å². The van der Waals surface area contributed by atoms with Gasteiger partial charge < -0.3 is 19.7 Å². The Hall–Kier alpha value is -1.53. The topological polar surface area (TPSA) is 50.8 Å². The molecule has 0 aliphatic carbocycles. The number of methoxy groups -OCH3 is 2. The Labute approximate surface area is 136 Å². The standard InChI is InChI=1S/C15H21FN2O3.ClH/c1-18(10-4-6-17-7-5-10)15(19)11-8-13(20-2)14(21-3)9-12(11)16;/h8-10,17H,4-7H2,1-3H3;1H. The quantitative estimate of drug-likeness (QED) is 0.917. The van der Waals surface area contributed by atoms with Gasteiger partial charge >= 0.3 is 0 Å². The predicted octanol–water partition coefficient (Wildman–Crippen LogP) is 2.09. The van der Waals surface area contributed by atoms with Crippen molar-refractivity contribution in [3.05, 3.63) is 23.5 Å². The molecule has 1 aliphatic heterocycles. The summed E-state index contributed by atoms with van der Waals surface area (Å²) in [7, 11) is 4.61. The fraction of sp³-hybridized carbons (Fsp3) is 0.533. The summed E-state index contributed by atoms with van der Waals surface area (Å²) < 4.78 is 24.3. The first kappa shape index (κ1) is 18.5. The molecule has 1 fully saturated rings. The molecule has 1 saturated heterocycles. The van der Waals surface area contributed by atoms with Crippen molar-refractivity contribution in [2.24, 2.45) is 0 Å². The van der Waals surface area contributed by atoms with Crippen LogP contribution in [0.5, 0.6) is 11.5 Å². The zero-order chi connectivity index (χ0) is 15.4. The van der Waals surface area contributed by atoms with Crippen LogP contribution < -0.4 is 14.8 Å². The minimum absolute atomic E-state index is 0. The number of nitrogens with one attached hydrogen (secondary N) is 1. The number of ether oxygens (including phenoxy) is 2. The Morgan fingerprint density at radius 3 is 2.32 bits per heavy atom. The van der Waals surface area contributed by atoms with Gasteiger partial charge in [0.25, 0.3) is 5.91 Å². The number of rotatable bonds is 4. The SMILES string of the molecule is COc1cc(F)c(C(=O)N(C)C2CCNCC2)cc1OC.Cl. The van der Waals surface area contributed by atoms with Gasteiger partial charge in [0.1, 0.15) is 5.82 Å². The van der Waals surface area contributed by atoms with Crippen LogP contribution >= 0.6 is 12.4 Å². The minimum atomic E-state index is -0.599. The molecule has 0 bridgehead atoms. The summed E-state index contributed by atoms with van der Waals surface area (Å²) in [5, 5.41) is 3.24. The van der Waals surface area contributed by atoms with Crippen LogP contribution in [0.25, 0.3) is 0 Å². The average Bonchev–Trinajstić information content (AvgIpc) is 2.54. The summed E-state index contributed by atoms with van der Waals surface area (Å²) in [6, 6.07) is 2.71. The Balaban J connectivity index is 0.00000242.